The predicted molar refractivity (Wildman–Crippen MR) is 109 cm³/mol. The van der Waals surface area contributed by atoms with Gasteiger partial charge in [-0.15, -0.1) is 0 Å². The third-order valence-electron chi connectivity index (χ3n) is 6.18. The summed E-state index contributed by atoms with van der Waals surface area (Å²) < 4.78 is 5.76. The molecule has 2 aromatic carbocycles. The maximum Gasteiger partial charge on any atom is 0.254 e. The molecule has 148 valence electrons. The van der Waals surface area contributed by atoms with Crippen LogP contribution in [0.4, 0.5) is 0 Å². The molecule has 4 atom stereocenters. The van der Waals surface area contributed by atoms with Crippen LogP contribution in [0.25, 0.3) is 0 Å². The summed E-state index contributed by atoms with van der Waals surface area (Å²) in [6.07, 6.45) is 6.57. The van der Waals surface area contributed by atoms with Crippen LogP contribution < -0.4 is 4.74 Å². The minimum Gasteiger partial charge on any atom is -0.489 e. The number of nitriles is 1. The van der Waals surface area contributed by atoms with E-state index in [1.807, 2.05) is 30.3 Å². The van der Waals surface area contributed by atoms with Crippen molar-refractivity contribution in [3.05, 3.63) is 77.4 Å². The number of benzene rings is 2. The van der Waals surface area contributed by atoms with E-state index in [9.17, 15) is 9.59 Å². The highest BCUT2D eigenvalue weighted by molar-refractivity contribution is 6.06. The molecule has 2 aliphatic carbocycles. The normalized spacial score (nSPS) is 26.4. The summed E-state index contributed by atoms with van der Waals surface area (Å²) in [6, 6.07) is 16.7. The van der Waals surface area contributed by atoms with Crippen molar-refractivity contribution in [2.24, 2.45) is 28.8 Å². The second-order valence-electron chi connectivity index (χ2n) is 7.86. The van der Waals surface area contributed by atoms with Gasteiger partial charge in [-0.2, -0.15) is 15.4 Å². The van der Waals surface area contributed by atoms with E-state index in [4.69, 9.17) is 10.00 Å². The second kappa shape index (κ2) is 7.27. The maximum atomic E-state index is 12.6. The highest BCUT2D eigenvalue weighted by atomic mass is 16.5. The monoisotopic (exact) mass is 397 g/mol. The first kappa shape index (κ1) is 18.3. The molecule has 2 fully saturated rings. The number of ether oxygens (including phenoxy) is 1. The average Bonchev–Trinajstić information content (AvgIpc) is 3.46. The molecule has 1 saturated heterocycles. The van der Waals surface area contributed by atoms with E-state index in [1.54, 1.807) is 18.2 Å². The molecule has 1 heterocycles. The fraction of sp³-hybridized carbons (Fsp3) is 0.250. The minimum absolute atomic E-state index is 0.180. The molecule has 1 aliphatic heterocycles. The minimum atomic E-state index is -0.239. The zero-order valence-electron chi connectivity index (χ0n) is 16.1. The highest BCUT2D eigenvalue weighted by Gasteiger charge is 2.59. The molecule has 5 rings (SSSR count). The number of hydrazone groups is 1. The highest BCUT2D eigenvalue weighted by Crippen LogP contribution is 2.52. The van der Waals surface area contributed by atoms with Crippen molar-refractivity contribution < 1.29 is 14.3 Å². The van der Waals surface area contributed by atoms with E-state index in [2.05, 4.69) is 23.3 Å². The van der Waals surface area contributed by atoms with Gasteiger partial charge in [-0.05, 0) is 54.2 Å². The van der Waals surface area contributed by atoms with Crippen LogP contribution in [-0.2, 0) is 16.2 Å². The smallest absolute Gasteiger partial charge is 0.254 e. The van der Waals surface area contributed by atoms with E-state index in [0.717, 1.165) is 22.6 Å². The Labute approximate surface area is 174 Å². The molecule has 1 saturated carbocycles. The van der Waals surface area contributed by atoms with E-state index >= 15 is 0 Å². The van der Waals surface area contributed by atoms with Crippen molar-refractivity contribution in [3.63, 3.8) is 0 Å². The van der Waals surface area contributed by atoms with Crippen molar-refractivity contribution >= 4 is 18.0 Å². The Bertz CT molecular complexity index is 1080. The number of allylic oxidation sites excluding steroid dienone is 2. The molecular formula is C24H19N3O3. The SMILES string of the molecule is N#Cc1ccccc1COc1ccc(/C=N\N2C(=O)[C@@H]3[C@H](C2=O)[C@@H]2C=C[C@@H]3C2)cc1. The molecule has 2 aromatic rings. The van der Waals surface area contributed by atoms with Gasteiger partial charge in [0.15, 0.2) is 0 Å². The third-order valence-corrected chi connectivity index (χ3v) is 6.18. The largest absolute Gasteiger partial charge is 0.489 e. The van der Waals surface area contributed by atoms with E-state index in [1.165, 1.54) is 6.21 Å². The fourth-order valence-electron chi connectivity index (χ4n) is 4.69. The molecule has 0 radical (unpaired) electrons. The van der Waals surface area contributed by atoms with Crippen molar-refractivity contribution in [1.29, 1.82) is 5.26 Å². The Morgan fingerprint density at radius 1 is 1.03 bits per heavy atom. The molecule has 2 amide bonds. The number of rotatable bonds is 5. The first-order valence-electron chi connectivity index (χ1n) is 9.96. The first-order chi connectivity index (χ1) is 14.7. The summed E-state index contributed by atoms with van der Waals surface area (Å²) in [4.78, 5) is 25.3. The Morgan fingerprint density at radius 2 is 1.70 bits per heavy atom. The Kier molecular flexibility index (Phi) is 4.44. The third kappa shape index (κ3) is 3.00. The summed E-state index contributed by atoms with van der Waals surface area (Å²) in [5.41, 5.74) is 2.18. The van der Waals surface area contributed by atoms with Gasteiger partial charge in [0.1, 0.15) is 12.4 Å². The van der Waals surface area contributed by atoms with Crippen molar-refractivity contribution in [2.45, 2.75) is 13.0 Å². The lowest BCUT2D eigenvalue weighted by atomic mass is 9.85. The molecule has 0 unspecified atom stereocenters. The van der Waals surface area contributed by atoms with Crippen LogP contribution in [0.3, 0.4) is 0 Å². The lowest BCUT2D eigenvalue weighted by Crippen LogP contribution is -2.28. The molecule has 0 aromatic heterocycles. The zero-order valence-corrected chi connectivity index (χ0v) is 16.1. The number of hydrogen-bond donors (Lipinski definition) is 0. The number of fused-ring (bicyclic) bond motifs is 5. The lowest BCUT2D eigenvalue weighted by molar-refractivity contribution is -0.140. The van der Waals surface area contributed by atoms with Gasteiger partial charge in [0.2, 0.25) is 0 Å². The maximum absolute atomic E-state index is 12.6. The number of imide groups is 1. The van der Waals surface area contributed by atoms with Gasteiger partial charge in [-0.1, -0.05) is 30.4 Å². The van der Waals surface area contributed by atoms with Gasteiger partial charge < -0.3 is 4.74 Å². The Hall–Kier alpha value is -3.72. The quantitative estimate of drug-likeness (QED) is 0.440. The second-order valence-corrected chi connectivity index (χ2v) is 7.86. The number of carbonyl (C=O) groups is 2. The van der Waals surface area contributed by atoms with E-state index in [-0.39, 0.29) is 35.5 Å². The number of carbonyl (C=O) groups excluding carboxylic acids is 2. The summed E-state index contributed by atoms with van der Waals surface area (Å²) in [5.74, 6) is 0.167. The number of nitrogens with zero attached hydrogens (tertiary/aromatic N) is 3. The summed E-state index contributed by atoms with van der Waals surface area (Å²) in [6.45, 7) is 0.299. The Morgan fingerprint density at radius 3 is 2.37 bits per heavy atom. The number of hydrogen-bond acceptors (Lipinski definition) is 5. The summed E-state index contributed by atoms with van der Waals surface area (Å²) in [7, 11) is 0. The van der Waals surface area contributed by atoms with Gasteiger partial charge in [0.25, 0.3) is 11.8 Å². The van der Waals surface area contributed by atoms with Crippen LogP contribution >= 0.6 is 0 Å². The van der Waals surface area contributed by atoms with Gasteiger partial charge in [-0.3, -0.25) is 9.59 Å². The van der Waals surface area contributed by atoms with Crippen molar-refractivity contribution in [2.75, 3.05) is 0 Å². The van der Waals surface area contributed by atoms with Crippen LogP contribution in [0.2, 0.25) is 0 Å². The van der Waals surface area contributed by atoms with Crippen LogP contribution in [0.1, 0.15) is 23.1 Å². The molecule has 6 heteroatoms. The standard InChI is InChI=1S/C24H19N3O3/c25-12-18-3-1-2-4-19(18)14-30-20-9-5-15(6-10-20)13-26-27-23(28)21-16-7-8-17(11-16)22(21)24(27)29/h1-10,13,16-17,21-22H,11,14H2/b26-13-/t16-,17-,21-,22+/m1/s1. The number of amides is 2. The lowest BCUT2D eigenvalue weighted by Gasteiger charge is -2.13. The molecular weight excluding hydrogens is 378 g/mol. The fourth-order valence-corrected chi connectivity index (χ4v) is 4.69. The molecule has 2 bridgehead atoms. The van der Waals surface area contributed by atoms with Gasteiger partial charge in [-0.25, -0.2) is 0 Å². The summed E-state index contributed by atoms with van der Waals surface area (Å²) in [5, 5.41) is 14.4. The van der Waals surface area contributed by atoms with Crippen molar-refractivity contribution in [1.82, 2.24) is 5.01 Å². The van der Waals surface area contributed by atoms with Gasteiger partial charge >= 0.3 is 0 Å². The Balaban J connectivity index is 1.23. The van der Waals surface area contributed by atoms with E-state index in [0.29, 0.717) is 17.9 Å². The van der Waals surface area contributed by atoms with Crippen LogP contribution in [-0.4, -0.2) is 23.0 Å². The predicted octanol–water partition coefficient (Wildman–Crippen LogP) is 3.28. The molecule has 3 aliphatic rings. The van der Waals surface area contributed by atoms with Crippen LogP contribution in [0.5, 0.6) is 5.75 Å². The topological polar surface area (TPSA) is 82.8 Å². The zero-order chi connectivity index (χ0) is 20.7. The summed E-state index contributed by atoms with van der Waals surface area (Å²) >= 11 is 0. The van der Waals surface area contributed by atoms with Gasteiger partial charge in [0, 0.05) is 5.56 Å². The van der Waals surface area contributed by atoms with Crippen LogP contribution in [0, 0.1) is 35.0 Å². The molecule has 0 N–H and O–H groups in total. The van der Waals surface area contributed by atoms with E-state index < -0.39 is 0 Å². The molecule has 30 heavy (non-hydrogen) atoms. The molecule has 6 nitrogen and oxygen atoms in total. The van der Waals surface area contributed by atoms with Gasteiger partial charge in [0.05, 0.1) is 29.7 Å². The van der Waals surface area contributed by atoms with Crippen LogP contribution in [0.15, 0.2) is 65.8 Å². The molecule has 0 spiro atoms. The van der Waals surface area contributed by atoms with Crippen molar-refractivity contribution in [3.8, 4) is 11.8 Å². The average molecular weight is 397 g/mol. The first-order valence-corrected chi connectivity index (χ1v) is 9.96.